The average Bonchev–Trinajstić information content (AvgIpc) is 3.18. The van der Waals surface area contributed by atoms with Crippen LogP contribution in [0.3, 0.4) is 0 Å². The molecule has 0 saturated heterocycles. The van der Waals surface area contributed by atoms with Crippen LogP contribution in [0.25, 0.3) is 0 Å². The number of nitrogens with zero attached hydrogens (tertiary/aromatic N) is 1. The van der Waals surface area contributed by atoms with Crippen LogP contribution in [0.2, 0.25) is 0 Å². The van der Waals surface area contributed by atoms with E-state index in [-0.39, 0.29) is 5.54 Å². The Balaban J connectivity index is 1.86. The maximum atomic E-state index is 6.19. The smallest absolute Gasteiger partial charge is 0.0593 e. The van der Waals surface area contributed by atoms with Gasteiger partial charge < -0.3 is 10.5 Å². The average molecular weight is 268 g/mol. The number of hydrogen-bond donors (Lipinski definition) is 1. The second-order valence-corrected chi connectivity index (χ2v) is 7.27. The summed E-state index contributed by atoms with van der Waals surface area (Å²) in [7, 11) is 2.24. The molecule has 112 valence electrons. The molecular weight excluding hydrogens is 236 g/mol. The lowest BCUT2D eigenvalue weighted by Crippen LogP contribution is -2.63. The van der Waals surface area contributed by atoms with E-state index in [1.54, 1.807) is 0 Å². The second-order valence-electron chi connectivity index (χ2n) is 7.27. The monoisotopic (exact) mass is 268 g/mol. The minimum absolute atomic E-state index is 0.161. The highest BCUT2D eigenvalue weighted by Crippen LogP contribution is 2.46. The van der Waals surface area contributed by atoms with Gasteiger partial charge in [0.1, 0.15) is 0 Å². The van der Waals surface area contributed by atoms with E-state index in [0.717, 1.165) is 32.2 Å². The Morgan fingerprint density at radius 3 is 2.47 bits per heavy atom. The Bertz CT molecular complexity index is 288. The first-order chi connectivity index (χ1) is 9.02. The highest BCUT2D eigenvalue weighted by atomic mass is 16.5. The summed E-state index contributed by atoms with van der Waals surface area (Å²) in [5.41, 5.74) is 6.67. The Morgan fingerprint density at radius 1 is 1.21 bits per heavy atom. The molecule has 0 aromatic carbocycles. The molecule has 2 aliphatic carbocycles. The van der Waals surface area contributed by atoms with E-state index in [1.807, 2.05) is 0 Å². The highest BCUT2D eigenvalue weighted by Gasteiger charge is 2.48. The summed E-state index contributed by atoms with van der Waals surface area (Å²) in [5.74, 6) is 0.861. The summed E-state index contributed by atoms with van der Waals surface area (Å²) in [6.45, 7) is 8.37. The molecule has 3 nitrogen and oxygen atoms in total. The molecular formula is C16H32N2O. The van der Waals surface area contributed by atoms with Gasteiger partial charge in [0.15, 0.2) is 0 Å². The van der Waals surface area contributed by atoms with Gasteiger partial charge in [-0.15, -0.1) is 0 Å². The van der Waals surface area contributed by atoms with Gasteiger partial charge in [-0.2, -0.15) is 0 Å². The SMILES string of the molecule is CN(CCOCC1CC1)C1(CN)CCCCC1(C)C. The van der Waals surface area contributed by atoms with E-state index in [0.29, 0.717) is 5.41 Å². The topological polar surface area (TPSA) is 38.5 Å². The zero-order valence-corrected chi connectivity index (χ0v) is 13.1. The third kappa shape index (κ3) is 3.32. The van der Waals surface area contributed by atoms with E-state index in [2.05, 4.69) is 25.8 Å². The van der Waals surface area contributed by atoms with Crippen molar-refractivity contribution in [3.8, 4) is 0 Å². The summed E-state index contributed by atoms with van der Waals surface area (Å²) in [5, 5.41) is 0. The van der Waals surface area contributed by atoms with Crippen molar-refractivity contribution in [1.29, 1.82) is 0 Å². The van der Waals surface area contributed by atoms with Crippen molar-refractivity contribution in [1.82, 2.24) is 4.90 Å². The van der Waals surface area contributed by atoms with Gasteiger partial charge in [0.25, 0.3) is 0 Å². The van der Waals surface area contributed by atoms with Gasteiger partial charge in [0.05, 0.1) is 6.61 Å². The lowest BCUT2D eigenvalue weighted by Gasteiger charge is -2.55. The molecule has 0 radical (unpaired) electrons. The van der Waals surface area contributed by atoms with E-state index < -0.39 is 0 Å². The third-order valence-corrected chi connectivity index (χ3v) is 5.59. The normalized spacial score (nSPS) is 30.8. The summed E-state index contributed by atoms with van der Waals surface area (Å²) >= 11 is 0. The fourth-order valence-electron chi connectivity index (χ4n) is 3.75. The summed E-state index contributed by atoms with van der Waals surface area (Å²) < 4.78 is 5.79. The van der Waals surface area contributed by atoms with Gasteiger partial charge in [-0.3, -0.25) is 4.90 Å². The molecule has 2 rings (SSSR count). The Labute approximate surface area is 118 Å². The predicted octanol–water partition coefficient (Wildman–Crippen LogP) is 2.64. The van der Waals surface area contributed by atoms with Crippen LogP contribution in [0.4, 0.5) is 0 Å². The molecule has 0 aromatic heterocycles. The summed E-state index contributed by atoms with van der Waals surface area (Å²) in [6.07, 6.45) is 7.92. The number of ether oxygens (including phenoxy) is 1. The van der Waals surface area contributed by atoms with Crippen molar-refractivity contribution in [2.45, 2.75) is 57.9 Å². The van der Waals surface area contributed by atoms with Gasteiger partial charge in [0, 0.05) is 25.2 Å². The Hall–Kier alpha value is -0.120. The molecule has 1 unspecified atom stereocenters. The second kappa shape index (κ2) is 6.11. The van der Waals surface area contributed by atoms with Crippen LogP contribution < -0.4 is 5.73 Å². The fraction of sp³-hybridized carbons (Fsp3) is 1.00. The number of rotatable bonds is 7. The molecule has 2 N–H and O–H groups in total. The van der Waals surface area contributed by atoms with E-state index >= 15 is 0 Å². The number of hydrogen-bond acceptors (Lipinski definition) is 3. The molecule has 19 heavy (non-hydrogen) atoms. The molecule has 2 fully saturated rings. The zero-order valence-electron chi connectivity index (χ0n) is 13.1. The van der Waals surface area contributed by atoms with Crippen molar-refractivity contribution < 1.29 is 4.74 Å². The van der Waals surface area contributed by atoms with Crippen LogP contribution in [-0.4, -0.2) is 43.8 Å². The first-order valence-corrected chi connectivity index (χ1v) is 8.01. The Morgan fingerprint density at radius 2 is 1.89 bits per heavy atom. The molecule has 0 aliphatic heterocycles. The van der Waals surface area contributed by atoms with Crippen molar-refractivity contribution in [2.24, 2.45) is 17.1 Å². The molecule has 3 heteroatoms. The van der Waals surface area contributed by atoms with Gasteiger partial charge in [0.2, 0.25) is 0 Å². The van der Waals surface area contributed by atoms with Crippen molar-refractivity contribution >= 4 is 0 Å². The van der Waals surface area contributed by atoms with Gasteiger partial charge in [-0.05, 0) is 44.1 Å². The van der Waals surface area contributed by atoms with Crippen molar-refractivity contribution in [2.75, 3.05) is 33.4 Å². The molecule has 0 spiro atoms. The van der Waals surface area contributed by atoms with Crippen LogP contribution in [0, 0.1) is 11.3 Å². The minimum atomic E-state index is 0.161. The molecule has 2 aliphatic rings. The first-order valence-electron chi connectivity index (χ1n) is 8.01. The van der Waals surface area contributed by atoms with Gasteiger partial charge in [-0.25, -0.2) is 0 Å². The predicted molar refractivity (Wildman–Crippen MR) is 80.2 cm³/mol. The van der Waals surface area contributed by atoms with E-state index in [1.165, 1.54) is 38.5 Å². The van der Waals surface area contributed by atoms with Gasteiger partial charge >= 0.3 is 0 Å². The lowest BCUT2D eigenvalue weighted by molar-refractivity contribution is -0.0413. The first kappa shape index (κ1) is 15.3. The van der Waals surface area contributed by atoms with Crippen LogP contribution in [0.15, 0.2) is 0 Å². The van der Waals surface area contributed by atoms with Crippen LogP contribution >= 0.6 is 0 Å². The van der Waals surface area contributed by atoms with Crippen LogP contribution in [0.5, 0.6) is 0 Å². The quantitative estimate of drug-likeness (QED) is 0.721. The highest BCUT2D eigenvalue weighted by molar-refractivity contribution is 5.04. The van der Waals surface area contributed by atoms with E-state index in [9.17, 15) is 0 Å². The van der Waals surface area contributed by atoms with Crippen LogP contribution in [0.1, 0.15) is 52.4 Å². The third-order valence-electron chi connectivity index (χ3n) is 5.59. The molecule has 0 bridgehead atoms. The minimum Gasteiger partial charge on any atom is -0.380 e. The maximum absolute atomic E-state index is 6.19. The van der Waals surface area contributed by atoms with Crippen LogP contribution in [-0.2, 0) is 4.74 Å². The fourth-order valence-corrected chi connectivity index (χ4v) is 3.75. The van der Waals surface area contributed by atoms with Gasteiger partial charge in [-0.1, -0.05) is 26.7 Å². The standard InChI is InChI=1S/C16H32N2O/c1-15(2)8-4-5-9-16(15,13-17)18(3)10-11-19-12-14-6-7-14/h14H,4-13,17H2,1-3H3. The molecule has 0 amide bonds. The van der Waals surface area contributed by atoms with Crippen molar-refractivity contribution in [3.63, 3.8) is 0 Å². The molecule has 0 heterocycles. The number of likely N-dealkylation sites (N-methyl/N-ethyl adjacent to an activating group) is 1. The van der Waals surface area contributed by atoms with E-state index in [4.69, 9.17) is 10.5 Å². The largest absolute Gasteiger partial charge is 0.380 e. The summed E-state index contributed by atoms with van der Waals surface area (Å²) in [6, 6.07) is 0. The summed E-state index contributed by atoms with van der Waals surface area (Å²) in [4.78, 5) is 2.49. The molecule has 2 saturated carbocycles. The lowest BCUT2D eigenvalue weighted by atomic mass is 9.62. The molecule has 0 aromatic rings. The number of nitrogens with two attached hydrogens (primary N) is 1. The maximum Gasteiger partial charge on any atom is 0.0593 e. The van der Waals surface area contributed by atoms with Crippen molar-refractivity contribution in [3.05, 3.63) is 0 Å². The Kier molecular flexibility index (Phi) is 4.91. The molecule has 1 atom stereocenters. The zero-order chi connectivity index (χ0) is 13.9.